The summed E-state index contributed by atoms with van der Waals surface area (Å²) in [6.07, 6.45) is 2.29. The molecule has 7 heteroatoms. The molecule has 0 spiro atoms. The first kappa shape index (κ1) is 23.8. The third kappa shape index (κ3) is 4.93. The Bertz CT molecular complexity index is 1230. The molecule has 0 bridgehead atoms. The largest absolute Gasteiger partial charge is 0.372 e. The molecule has 1 aromatic heterocycles. The SMILES string of the molecule is CCN(CC)c1ccc(NC(=O)Cn2nc(N3CCC[C@@H](C)C3)c3ccccc3c2=O)c(C)c1. The number of piperidine rings is 1. The number of hydrogen-bond donors (Lipinski definition) is 1. The molecule has 2 heterocycles. The predicted octanol–water partition coefficient (Wildman–Crippen LogP) is 4.43. The normalized spacial score (nSPS) is 16.0. The molecular formula is C27H35N5O2. The number of aromatic nitrogens is 2. The van der Waals surface area contributed by atoms with Gasteiger partial charge in [0.2, 0.25) is 5.91 Å². The highest BCUT2D eigenvalue weighted by Crippen LogP contribution is 2.27. The quantitative estimate of drug-likeness (QED) is 0.564. The van der Waals surface area contributed by atoms with Crippen LogP contribution in [0.4, 0.5) is 17.2 Å². The molecule has 3 aromatic rings. The highest BCUT2D eigenvalue weighted by atomic mass is 16.2. The third-order valence-electron chi connectivity index (χ3n) is 6.71. The molecule has 1 atom stereocenters. The lowest BCUT2D eigenvalue weighted by Gasteiger charge is -2.32. The Morgan fingerprint density at radius 3 is 2.56 bits per heavy atom. The van der Waals surface area contributed by atoms with E-state index in [4.69, 9.17) is 0 Å². The van der Waals surface area contributed by atoms with E-state index in [9.17, 15) is 9.59 Å². The molecule has 0 aliphatic carbocycles. The van der Waals surface area contributed by atoms with Gasteiger partial charge in [0, 0.05) is 42.9 Å². The molecule has 0 radical (unpaired) electrons. The van der Waals surface area contributed by atoms with Crippen LogP contribution in [-0.2, 0) is 11.3 Å². The van der Waals surface area contributed by atoms with Crippen molar-refractivity contribution in [1.29, 1.82) is 0 Å². The average molecular weight is 462 g/mol. The van der Waals surface area contributed by atoms with Crippen LogP contribution in [0.2, 0.25) is 0 Å². The van der Waals surface area contributed by atoms with Crippen LogP contribution in [0, 0.1) is 12.8 Å². The van der Waals surface area contributed by atoms with Crippen LogP contribution in [0.15, 0.2) is 47.3 Å². The van der Waals surface area contributed by atoms with Crippen LogP contribution >= 0.6 is 0 Å². The summed E-state index contributed by atoms with van der Waals surface area (Å²) in [5.41, 5.74) is 2.63. The van der Waals surface area contributed by atoms with Gasteiger partial charge in [0.15, 0.2) is 5.82 Å². The van der Waals surface area contributed by atoms with Crippen LogP contribution in [0.25, 0.3) is 10.8 Å². The van der Waals surface area contributed by atoms with Gasteiger partial charge >= 0.3 is 0 Å². The summed E-state index contributed by atoms with van der Waals surface area (Å²) in [5, 5.41) is 9.10. The fourth-order valence-corrected chi connectivity index (χ4v) is 4.84. The van der Waals surface area contributed by atoms with E-state index in [-0.39, 0.29) is 18.0 Å². The maximum Gasteiger partial charge on any atom is 0.275 e. The maximum absolute atomic E-state index is 13.2. The van der Waals surface area contributed by atoms with Gasteiger partial charge in [-0.15, -0.1) is 0 Å². The van der Waals surface area contributed by atoms with Crippen LogP contribution in [0.3, 0.4) is 0 Å². The summed E-state index contributed by atoms with van der Waals surface area (Å²) in [6, 6.07) is 13.6. The lowest BCUT2D eigenvalue weighted by Crippen LogP contribution is -2.38. The fraction of sp³-hybridized carbons (Fsp3) is 0.444. The Balaban J connectivity index is 1.60. The maximum atomic E-state index is 13.2. The molecule has 1 aliphatic rings. The summed E-state index contributed by atoms with van der Waals surface area (Å²) in [7, 11) is 0. The van der Waals surface area contributed by atoms with Gasteiger partial charge in [-0.3, -0.25) is 9.59 Å². The van der Waals surface area contributed by atoms with Gasteiger partial charge in [0.25, 0.3) is 5.56 Å². The molecule has 34 heavy (non-hydrogen) atoms. The first-order valence-corrected chi connectivity index (χ1v) is 12.3. The van der Waals surface area contributed by atoms with Gasteiger partial charge in [0.05, 0.1) is 5.39 Å². The number of rotatable bonds is 7. The molecule has 1 aliphatic heterocycles. The van der Waals surface area contributed by atoms with E-state index >= 15 is 0 Å². The minimum atomic E-state index is -0.262. The number of anilines is 3. The van der Waals surface area contributed by atoms with Crippen LogP contribution < -0.4 is 20.7 Å². The highest BCUT2D eigenvalue weighted by Gasteiger charge is 2.22. The fourth-order valence-electron chi connectivity index (χ4n) is 4.84. The third-order valence-corrected chi connectivity index (χ3v) is 6.71. The number of nitrogens with one attached hydrogen (secondary N) is 1. The molecule has 7 nitrogen and oxygen atoms in total. The standard InChI is InChI=1S/C27H35N5O2/c1-5-30(6-2)21-13-14-24(20(4)16-21)28-25(33)18-32-27(34)23-12-8-7-11-22(23)26(29-32)31-15-9-10-19(3)17-31/h7-8,11-14,16,19H,5-6,9-10,15,17-18H2,1-4H3,(H,28,33)/t19-/m1/s1. The number of carbonyl (C=O) groups excluding carboxylic acids is 1. The molecule has 2 aromatic carbocycles. The van der Waals surface area contributed by atoms with Gasteiger partial charge in [-0.25, -0.2) is 4.68 Å². The van der Waals surface area contributed by atoms with E-state index in [0.29, 0.717) is 11.3 Å². The number of fused-ring (bicyclic) bond motifs is 1. The lowest BCUT2D eigenvalue weighted by atomic mass is 10.00. The van der Waals surface area contributed by atoms with Gasteiger partial charge in [-0.2, -0.15) is 5.10 Å². The Hall–Kier alpha value is -3.35. The van der Waals surface area contributed by atoms with Crippen molar-refractivity contribution in [3.8, 4) is 0 Å². The van der Waals surface area contributed by atoms with Crippen molar-refractivity contribution in [1.82, 2.24) is 9.78 Å². The van der Waals surface area contributed by atoms with E-state index in [1.54, 1.807) is 0 Å². The van der Waals surface area contributed by atoms with Gasteiger partial charge in [-0.05, 0) is 69.4 Å². The lowest BCUT2D eigenvalue weighted by molar-refractivity contribution is -0.117. The molecule has 4 rings (SSSR count). The van der Waals surface area contributed by atoms with Crippen molar-refractivity contribution in [3.05, 3.63) is 58.4 Å². The van der Waals surface area contributed by atoms with Crippen molar-refractivity contribution in [2.24, 2.45) is 5.92 Å². The number of aryl methyl sites for hydroxylation is 1. The first-order chi connectivity index (χ1) is 16.4. The average Bonchev–Trinajstić information content (AvgIpc) is 2.83. The molecule has 1 saturated heterocycles. The minimum absolute atomic E-state index is 0.128. The zero-order chi connectivity index (χ0) is 24.2. The zero-order valence-electron chi connectivity index (χ0n) is 20.7. The van der Waals surface area contributed by atoms with E-state index in [2.05, 4.69) is 47.1 Å². The summed E-state index contributed by atoms with van der Waals surface area (Å²) in [4.78, 5) is 30.6. The monoisotopic (exact) mass is 461 g/mol. The second kappa shape index (κ2) is 10.3. The molecule has 0 unspecified atom stereocenters. The smallest absolute Gasteiger partial charge is 0.275 e. The second-order valence-electron chi connectivity index (χ2n) is 9.25. The molecule has 1 fully saturated rings. The molecule has 1 N–H and O–H groups in total. The molecule has 0 saturated carbocycles. The van der Waals surface area contributed by atoms with Gasteiger partial charge < -0.3 is 15.1 Å². The Morgan fingerprint density at radius 2 is 1.88 bits per heavy atom. The Labute approximate surface area is 201 Å². The summed E-state index contributed by atoms with van der Waals surface area (Å²) in [5.74, 6) is 1.09. The number of amides is 1. The van der Waals surface area contributed by atoms with Gasteiger partial charge in [0.1, 0.15) is 6.54 Å². The van der Waals surface area contributed by atoms with Crippen molar-refractivity contribution in [2.45, 2.75) is 47.1 Å². The Kier molecular flexibility index (Phi) is 7.20. The zero-order valence-corrected chi connectivity index (χ0v) is 20.7. The number of carbonyl (C=O) groups is 1. The van der Waals surface area contributed by atoms with Gasteiger partial charge in [-0.1, -0.05) is 25.1 Å². The van der Waals surface area contributed by atoms with E-state index < -0.39 is 0 Å². The number of nitrogens with zero attached hydrogens (tertiary/aromatic N) is 4. The Morgan fingerprint density at radius 1 is 1.15 bits per heavy atom. The van der Waals surface area contributed by atoms with Crippen molar-refractivity contribution in [3.63, 3.8) is 0 Å². The molecule has 1 amide bonds. The van der Waals surface area contributed by atoms with E-state index in [1.165, 1.54) is 11.1 Å². The predicted molar refractivity (Wildman–Crippen MR) is 140 cm³/mol. The summed E-state index contributed by atoms with van der Waals surface area (Å²) < 4.78 is 1.31. The van der Waals surface area contributed by atoms with Crippen molar-refractivity contribution >= 4 is 33.9 Å². The van der Waals surface area contributed by atoms with Crippen LogP contribution in [0.1, 0.15) is 39.2 Å². The van der Waals surface area contributed by atoms with Crippen molar-refractivity contribution in [2.75, 3.05) is 41.3 Å². The van der Waals surface area contributed by atoms with Crippen LogP contribution in [0.5, 0.6) is 0 Å². The topological polar surface area (TPSA) is 70.5 Å². The molecular weight excluding hydrogens is 426 g/mol. The summed E-state index contributed by atoms with van der Waals surface area (Å²) in [6.45, 7) is 12.0. The second-order valence-corrected chi connectivity index (χ2v) is 9.25. The minimum Gasteiger partial charge on any atom is -0.372 e. The van der Waals surface area contributed by atoms with E-state index in [1.807, 2.05) is 43.3 Å². The summed E-state index contributed by atoms with van der Waals surface area (Å²) >= 11 is 0. The molecule has 180 valence electrons. The number of benzene rings is 2. The van der Waals surface area contributed by atoms with E-state index in [0.717, 1.165) is 60.7 Å². The van der Waals surface area contributed by atoms with Crippen LogP contribution in [-0.4, -0.2) is 41.9 Å². The number of hydrogen-bond acceptors (Lipinski definition) is 5. The first-order valence-electron chi connectivity index (χ1n) is 12.3. The van der Waals surface area contributed by atoms with Crippen molar-refractivity contribution < 1.29 is 4.79 Å². The highest BCUT2D eigenvalue weighted by molar-refractivity contribution is 5.93.